The zero-order chi connectivity index (χ0) is 21.1. The quantitative estimate of drug-likeness (QED) is 0.490. The van der Waals surface area contributed by atoms with Gasteiger partial charge in [-0.05, 0) is 60.2 Å². The third-order valence-electron chi connectivity index (χ3n) is 5.69. The van der Waals surface area contributed by atoms with Gasteiger partial charge in [-0.15, -0.1) is 0 Å². The number of hydrogen-bond acceptors (Lipinski definition) is 4. The molecule has 3 aromatic rings. The highest BCUT2D eigenvalue weighted by atomic mass is 16.3. The Balaban J connectivity index is 1.43. The van der Waals surface area contributed by atoms with Gasteiger partial charge in [-0.1, -0.05) is 36.4 Å². The van der Waals surface area contributed by atoms with E-state index in [-0.39, 0.29) is 0 Å². The van der Waals surface area contributed by atoms with Crippen LogP contribution in [0.3, 0.4) is 0 Å². The number of carbonyl (C=O) groups is 1. The fraction of sp³-hybridized carbons (Fsp3) is 0.250. The summed E-state index contributed by atoms with van der Waals surface area (Å²) in [4.78, 5) is 13.5. The van der Waals surface area contributed by atoms with Crippen molar-refractivity contribution in [1.29, 1.82) is 0 Å². The summed E-state index contributed by atoms with van der Waals surface area (Å²) in [7, 11) is 0. The molecule has 0 saturated carbocycles. The van der Waals surface area contributed by atoms with E-state index in [0.29, 0.717) is 0 Å². The van der Waals surface area contributed by atoms with E-state index in [4.69, 9.17) is 5.73 Å². The van der Waals surface area contributed by atoms with E-state index in [1.54, 1.807) is 0 Å². The predicted octanol–water partition coefficient (Wildman–Crippen LogP) is 3.17. The van der Waals surface area contributed by atoms with Crippen LogP contribution in [0.25, 0.3) is 11.8 Å². The monoisotopic (exact) mass is 402 g/mol. The highest BCUT2D eigenvalue weighted by Gasteiger charge is 2.17. The molecule has 1 aliphatic rings. The van der Waals surface area contributed by atoms with Crippen LogP contribution >= 0.6 is 0 Å². The van der Waals surface area contributed by atoms with Crippen molar-refractivity contribution in [3.05, 3.63) is 88.4 Å². The highest BCUT2D eigenvalue weighted by molar-refractivity contribution is 5.94. The van der Waals surface area contributed by atoms with Crippen LogP contribution < -0.4 is 5.73 Å². The van der Waals surface area contributed by atoms with Gasteiger partial charge < -0.3 is 10.8 Å². The summed E-state index contributed by atoms with van der Waals surface area (Å²) < 4.78 is 1.99. The van der Waals surface area contributed by atoms with Crippen molar-refractivity contribution in [3.8, 4) is 5.69 Å². The SMILES string of the molecule is Cc1c(CCN2CCc3ccc(C=C(O)C(N)=O)cc3C2)cnn1-c1ccccc1. The Morgan fingerprint density at radius 2 is 2.00 bits per heavy atom. The first-order valence-electron chi connectivity index (χ1n) is 10.1. The molecule has 1 aromatic heterocycles. The van der Waals surface area contributed by atoms with Crippen LogP contribution in [0.5, 0.6) is 0 Å². The van der Waals surface area contributed by atoms with E-state index in [1.165, 1.54) is 28.5 Å². The molecule has 0 saturated heterocycles. The summed E-state index contributed by atoms with van der Waals surface area (Å²) >= 11 is 0. The number of nitrogens with zero attached hydrogens (tertiary/aromatic N) is 3. The second-order valence-electron chi connectivity index (χ2n) is 7.70. The van der Waals surface area contributed by atoms with E-state index in [2.05, 4.69) is 35.1 Å². The number of para-hydroxylation sites is 1. The highest BCUT2D eigenvalue weighted by Crippen LogP contribution is 2.22. The van der Waals surface area contributed by atoms with E-state index in [1.807, 2.05) is 41.2 Å². The zero-order valence-corrected chi connectivity index (χ0v) is 17.1. The number of primary amides is 1. The first-order valence-corrected chi connectivity index (χ1v) is 10.1. The van der Waals surface area contributed by atoms with Gasteiger partial charge in [-0.2, -0.15) is 5.10 Å². The van der Waals surface area contributed by atoms with Gasteiger partial charge >= 0.3 is 0 Å². The van der Waals surface area contributed by atoms with Crippen molar-refractivity contribution in [2.45, 2.75) is 26.3 Å². The Bertz CT molecular complexity index is 1090. The standard InChI is InChI=1S/C24H26N4O2/c1-17-20(15-26-28(17)22-5-3-2-4-6-22)10-12-27-11-9-19-8-7-18(13-21(19)16-27)14-23(29)24(25)30/h2-8,13-15,29H,9-12,16H2,1H3,(H2,25,30). The van der Waals surface area contributed by atoms with Crippen LogP contribution in [0.1, 0.15) is 27.9 Å². The van der Waals surface area contributed by atoms with Crippen molar-refractivity contribution in [2.24, 2.45) is 5.73 Å². The van der Waals surface area contributed by atoms with Gasteiger partial charge in [0.1, 0.15) is 0 Å². The van der Waals surface area contributed by atoms with Crippen LogP contribution in [0.2, 0.25) is 0 Å². The topological polar surface area (TPSA) is 84.4 Å². The number of carbonyl (C=O) groups excluding carboxylic acids is 1. The molecule has 4 rings (SSSR count). The maximum absolute atomic E-state index is 11.1. The molecule has 6 heteroatoms. The van der Waals surface area contributed by atoms with Gasteiger partial charge in [0.25, 0.3) is 5.91 Å². The number of fused-ring (bicyclic) bond motifs is 1. The molecular formula is C24H26N4O2. The smallest absolute Gasteiger partial charge is 0.283 e. The number of benzene rings is 2. The Hall–Kier alpha value is -3.38. The number of aromatic nitrogens is 2. The predicted molar refractivity (Wildman–Crippen MR) is 117 cm³/mol. The van der Waals surface area contributed by atoms with Gasteiger partial charge in [0.15, 0.2) is 5.76 Å². The Morgan fingerprint density at radius 3 is 2.77 bits per heavy atom. The molecule has 2 aromatic carbocycles. The Labute approximate surface area is 176 Å². The van der Waals surface area contributed by atoms with Gasteiger partial charge in [-0.25, -0.2) is 4.68 Å². The van der Waals surface area contributed by atoms with E-state index < -0.39 is 11.7 Å². The minimum absolute atomic E-state index is 0.423. The average molecular weight is 402 g/mol. The Kier molecular flexibility index (Phi) is 5.68. The number of amides is 1. The van der Waals surface area contributed by atoms with Crippen molar-refractivity contribution >= 4 is 12.0 Å². The number of hydrogen-bond donors (Lipinski definition) is 2. The van der Waals surface area contributed by atoms with Crippen LogP contribution in [-0.2, 0) is 24.2 Å². The maximum Gasteiger partial charge on any atom is 0.283 e. The first-order chi connectivity index (χ1) is 14.5. The second kappa shape index (κ2) is 8.55. The largest absolute Gasteiger partial charge is 0.503 e. The maximum atomic E-state index is 11.1. The normalized spacial score (nSPS) is 14.5. The summed E-state index contributed by atoms with van der Waals surface area (Å²) in [6, 6.07) is 16.2. The molecule has 0 fully saturated rings. The summed E-state index contributed by atoms with van der Waals surface area (Å²) in [5, 5.41) is 14.2. The zero-order valence-electron chi connectivity index (χ0n) is 17.1. The third-order valence-corrected chi connectivity index (χ3v) is 5.69. The number of aliphatic hydroxyl groups excluding tert-OH is 1. The lowest BCUT2D eigenvalue weighted by molar-refractivity contribution is -0.116. The number of nitrogens with two attached hydrogens (primary N) is 1. The fourth-order valence-corrected chi connectivity index (χ4v) is 3.94. The average Bonchev–Trinajstić information content (AvgIpc) is 3.12. The molecule has 0 atom stereocenters. The molecule has 0 radical (unpaired) electrons. The minimum Gasteiger partial charge on any atom is -0.503 e. The third kappa shape index (κ3) is 4.28. The summed E-state index contributed by atoms with van der Waals surface area (Å²) in [5.74, 6) is -1.24. The van der Waals surface area contributed by atoms with Gasteiger partial charge in [0.05, 0.1) is 11.9 Å². The molecule has 3 N–H and O–H groups in total. The van der Waals surface area contributed by atoms with Gasteiger partial charge in [0, 0.05) is 25.3 Å². The molecule has 1 aliphatic heterocycles. The van der Waals surface area contributed by atoms with E-state index in [0.717, 1.165) is 43.7 Å². The molecular weight excluding hydrogens is 376 g/mol. The number of rotatable bonds is 6. The first kappa shape index (κ1) is 19.9. The lowest BCUT2D eigenvalue weighted by Crippen LogP contribution is -2.32. The molecule has 0 bridgehead atoms. The van der Waals surface area contributed by atoms with Crippen LogP contribution in [0.15, 0.2) is 60.5 Å². The van der Waals surface area contributed by atoms with Crippen molar-refractivity contribution in [2.75, 3.05) is 13.1 Å². The molecule has 1 amide bonds. The molecule has 0 aliphatic carbocycles. The summed E-state index contributed by atoms with van der Waals surface area (Å²) in [5.41, 5.74) is 12.0. The van der Waals surface area contributed by atoms with E-state index >= 15 is 0 Å². The molecule has 0 spiro atoms. The van der Waals surface area contributed by atoms with Crippen molar-refractivity contribution < 1.29 is 9.90 Å². The minimum atomic E-state index is -0.819. The van der Waals surface area contributed by atoms with Crippen molar-refractivity contribution in [1.82, 2.24) is 14.7 Å². The van der Waals surface area contributed by atoms with E-state index in [9.17, 15) is 9.90 Å². The van der Waals surface area contributed by atoms with Crippen LogP contribution in [0, 0.1) is 6.92 Å². The van der Waals surface area contributed by atoms with Crippen LogP contribution in [0.4, 0.5) is 0 Å². The van der Waals surface area contributed by atoms with Gasteiger partial charge in [-0.3, -0.25) is 9.69 Å². The number of aliphatic hydroxyl groups is 1. The molecule has 154 valence electrons. The lowest BCUT2D eigenvalue weighted by atomic mass is 9.96. The fourth-order valence-electron chi connectivity index (χ4n) is 3.94. The van der Waals surface area contributed by atoms with Gasteiger partial charge in [0.2, 0.25) is 0 Å². The van der Waals surface area contributed by atoms with Crippen LogP contribution in [-0.4, -0.2) is 38.8 Å². The molecule has 2 heterocycles. The summed E-state index contributed by atoms with van der Waals surface area (Å²) in [6.45, 7) is 4.93. The summed E-state index contributed by atoms with van der Waals surface area (Å²) in [6.07, 6.45) is 5.32. The second-order valence-corrected chi connectivity index (χ2v) is 7.70. The molecule has 6 nitrogen and oxygen atoms in total. The van der Waals surface area contributed by atoms with Crippen molar-refractivity contribution in [3.63, 3.8) is 0 Å². The lowest BCUT2D eigenvalue weighted by Gasteiger charge is -2.29. The molecule has 0 unspecified atom stereocenters. The Morgan fingerprint density at radius 1 is 1.20 bits per heavy atom. The molecule has 30 heavy (non-hydrogen) atoms.